The summed E-state index contributed by atoms with van der Waals surface area (Å²) in [4.78, 5) is 25.1. The molecule has 0 aliphatic carbocycles. The molecule has 1 unspecified atom stereocenters. The number of anilines is 1. The van der Waals surface area contributed by atoms with Crippen LogP contribution in [0.2, 0.25) is 0 Å². The molecule has 25 heavy (non-hydrogen) atoms. The third-order valence-electron chi connectivity index (χ3n) is 4.18. The van der Waals surface area contributed by atoms with Crippen molar-refractivity contribution in [2.45, 2.75) is 32.4 Å². The van der Waals surface area contributed by atoms with Crippen LogP contribution in [-0.4, -0.2) is 23.0 Å². The molecule has 0 aromatic heterocycles. The van der Waals surface area contributed by atoms with E-state index in [9.17, 15) is 9.59 Å². The number of rotatable bonds is 5. The average molecular weight is 402 g/mol. The molecule has 2 aromatic rings. The first-order valence-corrected chi connectivity index (χ1v) is 9.11. The monoisotopic (exact) mass is 401 g/mol. The van der Waals surface area contributed by atoms with Crippen molar-refractivity contribution in [3.05, 3.63) is 64.1 Å². The maximum atomic E-state index is 12.8. The average Bonchev–Trinajstić information content (AvgIpc) is 2.63. The number of nitrogens with zero attached hydrogens (tertiary/aromatic N) is 1. The summed E-state index contributed by atoms with van der Waals surface area (Å²) < 4.78 is 0.826. The van der Waals surface area contributed by atoms with Crippen LogP contribution >= 0.6 is 15.9 Å². The van der Waals surface area contributed by atoms with Gasteiger partial charge in [-0.3, -0.25) is 15.0 Å². The summed E-state index contributed by atoms with van der Waals surface area (Å²) >= 11 is 3.39. The number of fused-ring (bicyclic) bond motifs is 1. The number of carbonyl (C=O) groups is 2. The standard InChI is InChI=1S/C19H20BrN3O2/c1-2-17-21-16-10-9-14(20)12-15(16)19(25)23(17)22-18(24)11-8-13-6-4-3-5-7-13/h3-7,9-10,12,17,21H,2,8,11H2,1H3,(H,22,24). The van der Waals surface area contributed by atoms with Gasteiger partial charge >= 0.3 is 0 Å². The topological polar surface area (TPSA) is 61.4 Å². The lowest BCUT2D eigenvalue weighted by Crippen LogP contribution is -2.57. The molecule has 1 aliphatic rings. The lowest BCUT2D eigenvalue weighted by Gasteiger charge is -2.37. The summed E-state index contributed by atoms with van der Waals surface area (Å²) in [5.74, 6) is -0.370. The summed E-state index contributed by atoms with van der Waals surface area (Å²) in [6, 6.07) is 15.4. The smallest absolute Gasteiger partial charge is 0.276 e. The van der Waals surface area contributed by atoms with Crippen molar-refractivity contribution in [3.63, 3.8) is 0 Å². The summed E-state index contributed by atoms with van der Waals surface area (Å²) in [6.07, 6.45) is 1.39. The van der Waals surface area contributed by atoms with Crippen LogP contribution in [0.3, 0.4) is 0 Å². The Morgan fingerprint density at radius 1 is 1.24 bits per heavy atom. The third-order valence-corrected chi connectivity index (χ3v) is 4.67. The van der Waals surface area contributed by atoms with E-state index in [1.54, 1.807) is 6.07 Å². The lowest BCUT2D eigenvalue weighted by molar-refractivity contribution is -0.125. The molecular weight excluding hydrogens is 382 g/mol. The van der Waals surface area contributed by atoms with Crippen LogP contribution in [0, 0.1) is 0 Å². The van der Waals surface area contributed by atoms with Crippen molar-refractivity contribution in [1.82, 2.24) is 10.4 Å². The molecule has 0 spiro atoms. The molecular formula is C19H20BrN3O2. The molecule has 2 amide bonds. The van der Waals surface area contributed by atoms with Gasteiger partial charge in [-0.2, -0.15) is 0 Å². The number of benzene rings is 2. The second-order valence-corrected chi connectivity index (χ2v) is 6.87. The predicted molar refractivity (Wildman–Crippen MR) is 101 cm³/mol. The Morgan fingerprint density at radius 2 is 2.00 bits per heavy atom. The largest absolute Gasteiger partial charge is 0.363 e. The lowest BCUT2D eigenvalue weighted by atomic mass is 10.1. The Kier molecular flexibility index (Phi) is 5.38. The second-order valence-electron chi connectivity index (χ2n) is 5.95. The molecule has 2 aromatic carbocycles. The van der Waals surface area contributed by atoms with Gasteiger partial charge in [-0.05, 0) is 36.6 Å². The number of hydrogen-bond donors (Lipinski definition) is 2. The van der Waals surface area contributed by atoms with Gasteiger partial charge in [0.1, 0.15) is 6.17 Å². The van der Waals surface area contributed by atoms with E-state index in [4.69, 9.17) is 0 Å². The second kappa shape index (κ2) is 7.70. The van der Waals surface area contributed by atoms with Gasteiger partial charge in [0.25, 0.3) is 5.91 Å². The molecule has 0 fully saturated rings. The number of hydrazine groups is 1. The molecule has 5 nitrogen and oxygen atoms in total. The number of aryl methyl sites for hydroxylation is 1. The van der Waals surface area contributed by atoms with E-state index in [2.05, 4.69) is 26.7 Å². The van der Waals surface area contributed by atoms with Crippen LogP contribution in [0.1, 0.15) is 35.7 Å². The van der Waals surface area contributed by atoms with Gasteiger partial charge < -0.3 is 5.32 Å². The minimum absolute atomic E-state index is 0.170. The zero-order valence-corrected chi connectivity index (χ0v) is 15.5. The molecule has 130 valence electrons. The van der Waals surface area contributed by atoms with Gasteiger partial charge in [-0.15, -0.1) is 0 Å². The fourth-order valence-electron chi connectivity index (χ4n) is 2.84. The highest BCUT2D eigenvalue weighted by Crippen LogP contribution is 2.28. The summed E-state index contributed by atoms with van der Waals surface area (Å²) in [5, 5.41) is 4.71. The van der Waals surface area contributed by atoms with Crippen LogP contribution in [0.4, 0.5) is 5.69 Å². The minimum Gasteiger partial charge on any atom is -0.363 e. The van der Waals surface area contributed by atoms with E-state index in [0.717, 1.165) is 15.7 Å². The summed E-state index contributed by atoms with van der Waals surface area (Å²) in [6.45, 7) is 1.97. The van der Waals surface area contributed by atoms with E-state index in [1.807, 2.05) is 49.4 Å². The van der Waals surface area contributed by atoms with E-state index in [-0.39, 0.29) is 18.0 Å². The zero-order chi connectivity index (χ0) is 17.8. The maximum Gasteiger partial charge on any atom is 0.276 e. The highest BCUT2D eigenvalue weighted by molar-refractivity contribution is 9.10. The maximum absolute atomic E-state index is 12.8. The number of carbonyl (C=O) groups excluding carboxylic acids is 2. The van der Waals surface area contributed by atoms with Gasteiger partial charge in [0.05, 0.1) is 5.56 Å². The van der Waals surface area contributed by atoms with Crippen LogP contribution < -0.4 is 10.7 Å². The Bertz CT molecular complexity index is 779. The highest BCUT2D eigenvalue weighted by atomic mass is 79.9. The van der Waals surface area contributed by atoms with Crippen molar-refractivity contribution in [1.29, 1.82) is 0 Å². The number of nitrogens with one attached hydrogen (secondary N) is 2. The van der Waals surface area contributed by atoms with Crippen LogP contribution in [0.5, 0.6) is 0 Å². The minimum atomic E-state index is -0.262. The van der Waals surface area contributed by atoms with Gasteiger partial charge in [-0.25, -0.2) is 5.01 Å². The molecule has 1 atom stereocenters. The van der Waals surface area contributed by atoms with Gasteiger partial charge in [0.15, 0.2) is 0 Å². The summed E-state index contributed by atoms with van der Waals surface area (Å²) in [5.41, 5.74) is 5.20. The van der Waals surface area contributed by atoms with Crippen molar-refractivity contribution in [2.75, 3.05) is 5.32 Å². The van der Waals surface area contributed by atoms with Gasteiger partial charge in [0, 0.05) is 16.6 Å². The first-order valence-electron chi connectivity index (χ1n) is 8.31. The van der Waals surface area contributed by atoms with E-state index >= 15 is 0 Å². The van der Waals surface area contributed by atoms with Crippen molar-refractivity contribution < 1.29 is 9.59 Å². The first-order chi connectivity index (χ1) is 12.1. The highest BCUT2D eigenvalue weighted by Gasteiger charge is 2.32. The zero-order valence-electron chi connectivity index (χ0n) is 14.0. The molecule has 1 heterocycles. The number of halogens is 1. The molecule has 0 saturated carbocycles. The van der Waals surface area contributed by atoms with E-state index in [1.165, 1.54) is 5.01 Å². The number of hydrogen-bond acceptors (Lipinski definition) is 3. The first kappa shape index (κ1) is 17.5. The SMILES string of the molecule is CCC1Nc2ccc(Br)cc2C(=O)N1NC(=O)CCc1ccccc1. The van der Waals surface area contributed by atoms with Crippen LogP contribution in [-0.2, 0) is 11.2 Å². The van der Waals surface area contributed by atoms with E-state index in [0.29, 0.717) is 24.8 Å². The normalized spacial score (nSPS) is 16.2. The molecule has 0 radical (unpaired) electrons. The Labute approximate surface area is 155 Å². The Morgan fingerprint density at radius 3 is 2.72 bits per heavy atom. The molecule has 1 aliphatic heterocycles. The van der Waals surface area contributed by atoms with Gasteiger partial charge in [-0.1, -0.05) is 53.2 Å². The van der Waals surface area contributed by atoms with Crippen LogP contribution in [0.25, 0.3) is 0 Å². The van der Waals surface area contributed by atoms with E-state index < -0.39 is 0 Å². The molecule has 0 saturated heterocycles. The molecule has 6 heteroatoms. The quantitative estimate of drug-likeness (QED) is 0.802. The molecule has 2 N–H and O–H groups in total. The van der Waals surface area contributed by atoms with Crippen molar-refractivity contribution in [2.24, 2.45) is 0 Å². The number of amides is 2. The van der Waals surface area contributed by atoms with Crippen molar-refractivity contribution in [3.8, 4) is 0 Å². The molecule has 0 bridgehead atoms. The van der Waals surface area contributed by atoms with Crippen LogP contribution in [0.15, 0.2) is 53.0 Å². The fourth-order valence-corrected chi connectivity index (χ4v) is 3.20. The molecule has 3 rings (SSSR count). The third kappa shape index (κ3) is 4.02. The van der Waals surface area contributed by atoms with Gasteiger partial charge in [0.2, 0.25) is 5.91 Å². The van der Waals surface area contributed by atoms with Crippen molar-refractivity contribution >= 4 is 33.4 Å². The summed E-state index contributed by atoms with van der Waals surface area (Å²) in [7, 11) is 0. The predicted octanol–water partition coefficient (Wildman–Crippen LogP) is 3.72. The fraction of sp³-hybridized carbons (Fsp3) is 0.263. The Balaban J connectivity index is 1.69. The Hall–Kier alpha value is -2.34.